The van der Waals surface area contributed by atoms with Crippen LogP contribution in [0.5, 0.6) is 17.2 Å². The van der Waals surface area contributed by atoms with E-state index in [0.29, 0.717) is 0 Å². The minimum atomic E-state index is -1.60. The molecule has 0 radical (unpaired) electrons. The first-order valence-electron chi connectivity index (χ1n) is 6.19. The van der Waals surface area contributed by atoms with E-state index in [1.807, 2.05) is 0 Å². The van der Waals surface area contributed by atoms with Gasteiger partial charge in [0, 0.05) is 11.6 Å². The van der Waals surface area contributed by atoms with Gasteiger partial charge >= 0.3 is 5.97 Å². The topological polar surface area (TPSA) is 55.8 Å². The van der Waals surface area contributed by atoms with Gasteiger partial charge < -0.3 is 14.6 Å². The minimum Gasteiger partial charge on any atom is -0.490 e. The molecule has 23 heavy (non-hydrogen) atoms. The number of carbonyl (C=O) groups is 1. The van der Waals surface area contributed by atoms with Gasteiger partial charge in [0.25, 0.3) is 0 Å². The second kappa shape index (κ2) is 6.37. The van der Waals surface area contributed by atoms with E-state index in [-0.39, 0.29) is 16.3 Å². The zero-order valence-electron chi connectivity index (χ0n) is 11.9. The van der Waals surface area contributed by atoms with Crippen molar-refractivity contribution in [2.45, 2.75) is 6.92 Å². The highest BCUT2D eigenvalue weighted by atomic mass is 35.5. The second-order valence-electron chi connectivity index (χ2n) is 4.47. The number of ether oxygens (including phenoxy) is 2. The molecule has 4 nitrogen and oxygen atoms in total. The maximum absolute atomic E-state index is 14.1. The summed E-state index contributed by atoms with van der Waals surface area (Å²) in [7, 11) is 1.07. The van der Waals surface area contributed by atoms with Crippen molar-refractivity contribution in [1.82, 2.24) is 0 Å². The SMILES string of the molecule is COc1c(Oc2cc(Cl)c(C)c(F)c2C(=O)O)ccc(F)c1F. The zero-order chi connectivity index (χ0) is 17.3. The van der Waals surface area contributed by atoms with E-state index in [1.54, 1.807) is 0 Å². The van der Waals surface area contributed by atoms with Crippen LogP contribution in [0.2, 0.25) is 5.02 Å². The summed E-state index contributed by atoms with van der Waals surface area (Å²) < 4.78 is 50.8. The van der Waals surface area contributed by atoms with Crippen LogP contribution >= 0.6 is 11.6 Å². The van der Waals surface area contributed by atoms with Gasteiger partial charge in [0.2, 0.25) is 11.6 Å². The Hall–Kier alpha value is -2.41. The summed E-state index contributed by atoms with van der Waals surface area (Å²) in [6.07, 6.45) is 0. The maximum Gasteiger partial charge on any atom is 0.342 e. The Morgan fingerprint density at radius 3 is 2.39 bits per heavy atom. The average molecular weight is 347 g/mol. The Kier molecular flexibility index (Phi) is 4.70. The molecule has 122 valence electrons. The Bertz CT molecular complexity index is 793. The summed E-state index contributed by atoms with van der Waals surface area (Å²) in [6.45, 7) is 1.30. The lowest BCUT2D eigenvalue weighted by molar-refractivity contribution is 0.0688. The van der Waals surface area contributed by atoms with Crippen LogP contribution in [0.25, 0.3) is 0 Å². The van der Waals surface area contributed by atoms with Crippen LogP contribution in [0.1, 0.15) is 15.9 Å². The number of rotatable bonds is 4. The fraction of sp³-hybridized carbons (Fsp3) is 0.133. The van der Waals surface area contributed by atoms with Crippen molar-refractivity contribution < 1.29 is 32.5 Å². The summed E-state index contributed by atoms with van der Waals surface area (Å²) in [5.41, 5.74) is -0.854. The molecule has 1 N–H and O–H groups in total. The second-order valence-corrected chi connectivity index (χ2v) is 4.88. The van der Waals surface area contributed by atoms with Crippen molar-refractivity contribution in [3.63, 3.8) is 0 Å². The van der Waals surface area contributed by atoms with Gasteiger partial charge in [-0.3, -0.25) is 0 Å². The van der Waals surface area contributed by atoms with Gasteiger partial charge in [-0.15, -0.1) is 0 Å². The standard InChI is InChI=1S/C15H10ClF3O4/c1-6-7(16)5-10(11(12(6)18)15(20)21)23-9-4-3-8(17)13(19)14(9)22-2/h3-5H,1-2H3,(H,20,21). The molecule has 0 amide bonds. The lowest BCUT2D eigenvalue weighted by atomic mass is 10.1. The highest BCUT2D eigenvalue weighted by molar-refractivity contribution is 6.31. The summed E-state index contributed by atoms with van der Waals surface area (Å²) in [5.74, 6) is -6.55. The van der Waals surface area contributed by atoms with Crippen LogP contribution in [0.4, 0.5) is 13.2 Å². The molecule has 0 aromatic heterocycles. The van der Waals surface area contributed by atoms with E-state index in [9.17, 15) is 18.0 Å². The van der Waals surface area contributed by atoms with Crippen LogP contribution in [0.3, 0.4) is 0 Å². The molecule has 0 saturated heterocycles. The number of carboxylic acid groups (broad SMARTS) is 1. The molecule has 0 bridgehead atoms. The molecule has 0 fully saturated rings. The van der Waals surface area contributed by atoms with Crippen molar-refractivity contribution in [2.75, 3.05) is 7.11 Å². The molecule has 2 rings (SSSR count). The molecular weight excluding hydrogens is 337 g/mol. The first kappa shape index (κ1) is 17.0. The molecule has 2 aromatic carbocycles. The summed E-state index contributed by atoms with van der Waals surface area (Å²) in [4.78, 5) is 11.2. The van der Waals surface area contributed by atoms with Gasteiger partial charge in [-0.1, -0.05) is 11.6 Å². The molecule has 0 atom stereocenters. The van der Waals surface area contributed by atoms with E-state index in [0.717, 1.165) is 25.3 Å². The average Bonchev–Trinajstić information content (AvgIpc) is 2.48. The first-order chi connectivity index (χ1) is 10.8. The summed E-state index contributed by atoms with van der Waals surface area (Å²) in [5, 5.41) is 9.06. The maximum atomic E-state index is 14.1. The zero-order valence-corrected chi connectivity index (χ0v) is 12.7. The smallest absolute Gasteiger partial charge is 0.342 e. The molecule has 0 aliphatic rings. The third-order valence-corrected chi connectivity index (χ3v) is 3.46. The molecular formula is C15H10ClF3O4. The third-order valence-electron chi connectivity index (χ3n) is 3.06. The summed E-state index contributed by atoms with van der Waals surface area (Å²) in [6, 6.07) is 2.86. The lowest BCUT2D eigenvalue weighted by Crippen LogP contribution is -2.06. The predicted molar refractivity (Wildman–Crippen MR) is 76.1 cm³/mol. The summed E-state index contributed by atoms with van der Waals surface area (Å²) >= 11 is 5.81. The highest BCUT2D eigenvalue weighted by Crippen LogP contribution is 2.38. The quantitative estimate of drug-likeness (QED) is 0.881. The Balaban J connectivity index is 2.62. The number of carboxylic acids is 1. The number of aromatic carboxylic acids is 1. The van der Waals surface area contributed by atoms with Gasteiger partial charge in [0.15, 0.2) is 11.6 Å². The monoisotopic (exact) mass is 346 g/mol. The number of hydrogen-bond acceptors (Lipinski definition) is 3. The minimum absolute atomic E-state index is 0.0753. The van der Waals surface area contributed by atoms with Gasteiger partial charge in [0.1, 0.15) is 17.1 Å². The molecule has 0 aliphatic heterocycles. The van der Waals surface area contributed by atoms with Gasteiger partial charge in [-0.05, 0) is 19.1 Å². The van der Waals surface area contributed by atoms with E-state index in [1.165, 1.54) is 6.92 Å². The predicted octanol–water partition coefficient (Wildman–Crippen LogP) is 4.56. The lowest BCUT2D eigenvalue weighted by Gasteiger charge is -2.14. The number of hydrogen-bond donors (Lipinski definition) is 1. The van der Waals surface area contributed by atoms with E-state index in [2.05, 4.69) is 0 Å². The van der Waals surface area contributed by atoms with Gasteiger partial charge in [-0.2, -0.15) is 4.39 Å². The van der Waals surface area contributed by atoms with Gasteiger partial charge in [-0.25, -0.2) is 13.6 Å². The van der Waals surface area contributed by atoms with Crippen LogP contribution < -0.4 is 9.47 Å². The van der Waals surface area contributed by atoms with Crippen LogP contribution in [0.15, 0.2) is 18.2 Å². The van der Waals surface area contributed by atoms with E-state index < -0.39 is 40.5 Å². The Morgan fingerprint density at radius 1 is 1.17 bits per heavy atom. The number of benzene rings is 2. The highest BCUT2D eigenvalue weighted by Gasteiger charge is 2.24. The van der Waals surface area contributed by atoms with Crippen molar-refractivity contribution in [3.05, 3.63) is 51.8 Å². The molecule has 0 aliphatic carbocycles. The molecule has 0 unspecified atom stereocenters. The van der Waals surface area contributed by atoms with Crippen LogP contribution in [-0.2, 0) is 0 Å². The largest absolute Gasteiger partial charge is 0.490 e. The third kappa shape index (κ3) is 3.05. The Morgan fingerprint density at radius 2 is 1.83 bits per heavy atom. The molecule has 0 saturated carbocycles. The van der Waals surface area contributed by atoms with Crippen molar-refractivity contribution in [3.8, 4) is 17.2 Å². The number of halogens is 4. The molecule has 0 heterocycles. The Labute approximate surface area is 134 Å². The van der Waals surface area contributed by atoms with Crippen molar-refractivity contribution in [1.29, 1.82) is 0 Å². The first-order valence-corrected chi connectivity index (χ1v) is 6.57. The molecule has 8 heteroatoms. The van der Waals surface area contributed by atoms with Gasteiger partial charge in [0.05, 0.1) is 12.1 Å². The molecule has 2 aromatic rings. The van der Waals surface area contributed by atoms with Crippen molar-refractivity contribution in [2.24, 2.45) is 0 Å². The fourth-order valence-corrected chi connectivity index (χ4v) is 2.06. The van der Waals surface area contributed by atoms with Crippen molar-refractivity contribution >= 4 is 17.6 Å². The van der Waals surface area contributed by atoms with Crippen LogP contribution in [-0.4, -0.2) is 18.2 Å². The molecule has 0 spiro atoms. The number of methoxy groups -OCH3 is 1. The van der Waals surface area contributed by atoms with E-state index >= 15 is 0 Å². The van der Waals surface area contributed by atoms with E-state index in [4.69, 9.17) is 26.2 Å². The van der Waals surface area contributed by atoms with Crippen LogP contribution in [0, 0.1) is 24.4 Å². The fourth-order valence-electron chi connectivity index (χ4n) is 1.88. The normalized spacial score (nSPS) is 10.5.